The smallest absolute Gasteiger partial charge is 0.138 e. The fraction of sp³-hybridized carbons (Fsp3) is 0.467. The van der Waals surface area contributed by atoms with Gasteiger partial charge in [-0.15, -0.1) is 11.8 Å². The lowest BCUT2D eigenvalue weighted by Crippen LogP contribution is -2.23. The summed E-state index contributed by atoms with van der Waals surface area (Å²) in [7, 11) is 0. The van der Waals surface area contributed by atoms with Gasteiger partial charge in [0, 0.05) is 23.0 Å². The van der Waals surface area contributed by atoms with Crippen molar-refractivity contribution in [2.75, 3.05) is 5.75 Å². The first-order valence-corrected chi connectivity index (χ1v) is 7.40. The molecular formula is C15H17NOS. The molecule has 1 aliphatic carbocycles. The van der Waals surface area contributed by atoms with Gasteiger partial charge in [0.05, 0.1) is 12.0 Å². The van der Waals surface area contributed by atoms with Crippen LogP contribution in [0.25, 0.3) is 0 Å². The molecule has 2 rings (SSSR count). The molecule has 0 heterocycles. The second kappa shape index (κ2) is 6.61. The summed E-state index contributed by atoms with van der Waals surface area (Å²) in [5.41, 5.74) is 0. The van der Waals surface area contributed by atoms with E-state index < -0.39 is 0 Å². The molecule has 0 radical (unpaired) electrons. The zero-order valence-electron chi connectivity index (χ0n) is 10.3. The minimum Gasteiger partial charge on any atom is -0.299 e. The van der Waals surface area contributed by atoms with Crippen LogP contribution in [0.5, 0.6) is 0 Å². The highest BCUT2D eigenvalue weighted by atomic mass is 32.2. The molecule has 0 aliphatic heterocycles. The Hall–Kier alpha value is -1.27. The van der Waals surface area contributed by atoms with Crippen LogP contribution in [0, 0.1) is 23.2 Å². The van der Waals surface area contributed by atoms with Crippen LogP contribution in [0.2, 0.25) is 0 Å². The minimum absolute atomic E-state index is 0.0808. The molecule has 2 unspecified atom stereocenters. The van der Waals surface area contributed by atoms with Crippen LogP contribution in [-0.4, -0.2) is 11.5 Å². The average molecular weight is 259 g/mol. The fourth-order valence-corrected chi connectivity index (χ4v) is 3.48. The summed E-state index contributed by atoms with van der Waals surface area (Å²) in [6.45, 7) is 0. The summed E-state index contributed by atoms with van der Waals surface area (Å²) in [6, 6.07) is 12.4. The zero-order chi connectivity index (χ0) is 12.8. The molecule has 0 amide bonds. The van der Waals surface area contributed by atoms with E-state index in [0.717, 1.165) is 25.0 Å². The van der Waals surface area contributed by atoms with Crippen LogP contribution >= 0.6 is 11.8 Å². The van der Waals surface area contributed by atoms with Crippen molar-refractivity contribution in [1.29, 1.82) is 5.26 Å². The molecular weight excluding hydrogens is 242 g/mol. The second-order valence-electron chi connectivity index (χ2n) is 4.68. The summed E-state index contributed by atoms with van der Waals surface area (Å²) in [4.78, 5) is 13.2. The average Bonchev–Trinajstić information content (AvgIpc) is 2.59. The number of carbonyl (C=O) groups excluding carboxylic acids is 1. The van der Waals surface area contributed by atoms with Crippen molar-refractivity contribution in [3.63, 3.8) is 0 Å². The van der Waals surface area contributed by atoms with Crippen molar-refractivity contribution in [2.45, 2.75) is 30.6 Å². The largest absolute Gasteiger partial charge is 0.299 e. The van der Waals surface area contributed by atoms with Crippen LogP contribution in [0.4, 0.5) is 0 Å². The highest BCUT2D eigenvalue weighted by molar-refractivity contribution is 7.99. The first-order valence-electron chi connectivity index (χ1n) is 6.41. The monoisotopic (exact) mass is 259 g/mol. The molecule has 1 aromatic rings. The van der Waals surface area contributed by atoms with Gasteiger partial charge in [-0.1, -0.05) is 24.6 Å². The minimum atomic E-state index is -0.0868. The highest BCUT2D eigenvalue weighted by Gasteiger charge is 2.29. The predicted octanol–water partition coefficient (Wildman–Crippen LogP) is 3.68. The number of nitriles is 1. The van der Waals surface area contributed by atoms with E-state index in [4.69, 9.17) is 0 Å². The molecule has 1 fully saturated rings. The third kappa shape index (κ3) is 3.36. The van der Waals surface area contributed by atoms with Crippen molar-refractivity contribution in [1.82, 2.24) is 0 Å². The molecule has 2 nitrogen and oxygen atoms in total. The third-order valence-corrected chi connectivity index (χ3v) is 4.56. The lowest BCUT2D eigenvalue weighted by Gasteiger charge is -2.17. The second-order valence-corrected chi connectivity index (χ2v) is 5.77. The van der Waals surface area contributed by atoms with Crippen LogP contribution in [0.1, 0.15) is 25.7 Å². The van der Waals surface area contributed by atoms with Crippen molar-refractivity contribution in [3.05, 3.63) is 30.3 Å². The first-order chi connectivity index (χ1) is 8.81. The van der Waals surface area contributed by atoms with Gasteiger partial charge in [-0.3, -0.25) is 4.79 Å². The van der Waals surface area contributed by atoms with E-state index in [1.807, 2.05) is 30.3 Å². The normalized spacial score (nSPS) is 24.3. The van der Waals surface area contributed by atoms with Gasteiger partial charge in [0.15, 0.2) is 0 Å². The van der Waals surface area contributed by atoms with Gasteiger partial charge in [0.2, 0.25) is 0 Å². The van der Waals surface area contributed by atoms with E-state index in [-0.39, 0.29) is 17.6 Å². The van der Waals surface area contributed by atoms with Gasteiger partial charge in [-0.05, 0) is 25.0 Å². The predicted molar refractivity (Wildman–Crippen MR) is 73.2 cm³/mol. The Kier molecular flexibility index (Phi) is 4.83. The summed E-state index contributed by atoms with van der Waals surface area (Å²) in [6.07, 6.45) is 3.49. The Morgan fingerprint density at radius 3 is 2.78 bits per heavy atom. The molecule has 1 aliphatic rings. The Labute approximate surface area is 112 Å². The van der Waals surface area contributed by atoms with Crippen molar-refractivity contribution in [2.24, 2.45) is 11.8 Å². The maximum absolute atomic E-state index is 12.0. The van der Waals surface area contributed by atoms with E-state index in [9.17, 15) is 10.1 Å². The molecule has 94 valence electrons. The maximum Gasteiger partial charge on any atom is 0.138 e. The number of hydrogen-bond donors (Lipinski definition) is 0. The van der Waals surface area contributed by atoms with Gasteiger partial charge in [-0.25, -0.2) is 0 Å². The molecule has 0 saturated heterocycles. The first kappa shape index (κ1) is 13.2. The molecule has 0 bridgehead atoms. The summed E-state index contributed by atoms with van der Waals surface area (Å²) in [5, 5.41) is 9.19. The quantitative estimate of drug-likeness (QED) is 0.614. The summed E-state index contributed by atoms with van der Waals surface area (Å²) < 4.78 is 0. The van der Waals surface area contributed by atoms with Gasteiger partial charge in [0.25, 0.3) is 0 Å². The van der Waals surface area contributed by atoms with E-state index in [1.54, 1.807) is 11.8 Å². The molecule has 1 saturated carbocycles. The Morgan fingerprint density at radius 2 is 2.06 bits per heavy atom. The van der Waals surface area contributed by atoms with Gasteiger partial charge in [-0.2, -0.15) is 5.26 Å². The van der Waals surface area contributed by atoms with E-state index in [2.05, 4.69) is 6.07 Å². The molecule has 0 aromatic heterocycles. The Morgan fingerprint density at radius 1 is 1.28 bits per heavy atom. The Balaban J connectivity index is 2.00. The topological polar surface area (TPSA) is 40.9 Å². The van der Waals surface area contributed by atoms with Crippen molar-refractivity contribution < 1.29 is 4.79 Å². The fourth-order valence-electron chi connectivity index (χ4n) is 2.34. The molecule has 2 atom stereocenters. The highest BCUT2D eigenvalue weighted by Crippen LogP contribution is 2.31. The number of benzene rings is 1. The summed E-state index contributed by atoms with van der Waals surface area (Å²) >= 11 is 1.69. The van der Waals surface area contributed by atoms with Crippen LogP contribution in [0.3, 0.4) is 0 Å². The van der Waals surface area contributed by atoms with Gasteiger partial charge < -0.3 is 0 Å². The standard InChI is InChI=1S/C15H17NOS/c16-10-12-6-4-5-9-15(17)14(12)11-18-13-7-2-1-3-8-13/h1-3,7-8,12,14H,4-6,9,11H2. The number of carbonyl (C=O) groups is 1. The number of hydrogen-bond acceptors (Lipinski definition) is 3. The molecule has 0 spiro atoms. The Bertz CT molecular complexity index is 438. The van der Waals surface area contributed by atoms with Crippen LogP contribution in [0.15, 0.2) is 35.2 Å². The molecule has 0 N–H and O–H groups in total. The molecule has 1 aromatic carbocycles. The van der Waals surface area contributed by atoms with Crippen molar-refractivity contribution >= 4 is 17.5 Å². The molecule has 3 heteroatoms. The number of ketones is 1. The van der Waals surface area contributed by atoms with Gasteiger partial charge >= 0.3 is 0 Å². The third-order valence-electron chi connectivity index (χ3n) is 3.43. The lowest BCUT2D eigenvalue weighted by molar-refractivity contribution is -0.122. The SMILES string of the molecule is N#CC1CCCCC(=O)C1CSc1ccccc1. The number of rotatable bonds is 3. The van der Waals surface area contributed by atoms with E-state index in [1.165, 1.54) is 4.90 Å². The van der Waals surface area contributed by atoms with E-state index in [0.29, 0.717) is 6.42 Å². The number of nitrogens with zero attached hydrogens (tertiary/aromatic N) is 1. The van der Waals surface area contributed by atoms with E-state index >= 15 is 0 Å². The number of thioether (sulfide) groups is 1. The van der Waals surface area contributed by atoms with Crippen molar-refractivity contribution in [3.8, 4) is 6.07 Å². The zero-order valence-corrected chi connectivity index (χ0v) is 11.2. The number of Topliss-reactive ketones (excluding diaryl/α,β-unsaturated/α-hetero) is 1. The maximum atomic E-state index is 12.0. The van der Waals surface area contributed by atoms with Crippen LogP contribution in [-0.2, 0) is 4.79 Å². The molecule has 18 heavy (non-hydrogen) atoms. The van der Waals surface area contributed by atoms with Gasteiger partial charge in [0.1, 0.15) is 5.78 Å². The lowest BCUT2D eigenvalue weighted by atomic mass is 9.90. The summed E-state index contributed by atoms with van der Waals surface area (Å²) in [5.74, 6) is 0.850. The van der Waals surface area contributed by atoms with Crippen LogP contribution < -0.4 is 0 Å².